The quantitative estimate of drug-likeness (QED) is 0.259. The number of allylic oxidation sites excluding steroid dienone is 1. The van der Waals surface area contributed by atoms with Crippen LogP contribution in [0.15, 0.2) is 23.4 Å². The molecule has 1 aliphatic heterocycles. The van der Waals surface area contributed by atoms with Crippen molar-refractivity contribution in [2.24, 2.45) is 7.05 Å². The van der Waals surface area contributed by atoms with Crippen LogP contribution in [0.3, 0.4) is 0 Å². The average molecular weight is 376 g/mol. The van der Waals surface area contributed by atoms with Gasteiger partial charge in [-0.1, -0.05) is 0 Å². The van der Waals surface area contributed by atoms with Gasteiger partial charge in [0.15, 0.2) is 0 Å². The highest BCUT2D eigenvalue weighted by Gasteiger charge is 2.33. The van der Waals surface area contributed by atoms with Crippen LogP contribution in [0.5, 0.6) is 0 Å². The van der Waals surface area contributed by atoms with E-state index in [9.17, 15) is 14.4 Å². The van der Waals surface area contributed by atoms with Crippen molar-refractivity contribution in [1.82, 2.24) is 9.47 Å². The Bertz CT molecular complexity index is 783. The molecule has 0 amide bonds. The number of ketones is 1. The first-order valence-electron chi connectivity index (χ1n) is 9.12. The van der Waals surface area contributed by atoms with E-state index in [-0.39, 0.29) is 23.6 Å². The molecule has 1 aromatic heterocycles. The van der Waals surface area contributed by atoms with E-state index in [4.69, 9.17) is 9.47 Å². The van der Waals surface area contributed by atoms with Crippen molar-refractivity contribution in [1.29, 1.82) is 0 Å². The Morgan fingerprint density at radius 2 is 1.74 bits per heavy atom. The molecule has 1 aliphatic rings. The third kappa shape index (κ3) is 4.59. The van der Waals surface area contributed by atoms with Crippen molar-refractivity contribution >= 4 is 17.7 Å². The highest BCUT2D eigenvalue weighted by molar-refractivity contribution is 6.24. The van der Waals surface area contributed by atoms with Gasteiger partial charge in [-0.3, -0.25) is 4.79 Å². The molecule has 2 rings (SSSR count). The number of carbonyl (C=O) groups excluding carboxylic acids is 3. The standard InChI is InChI=1S/C20H28N2O5/c1-7-26-18(24)15-11-10-14(22(15)6)17(23)16(13-9-8-12-21(13)5)19(25)27-20(2,3)4/h10-11H,7-9,12H2,1-6H3/b16-13-. The van der Waals surface area contributed by atoms with Gasteiger partial charge in [-0.2, -0.15) is 0 Å². The summed E-state index contributed by atoms with van der Waals surface area (Å²) in [5.41, 5.74) is 0.486. The summed E-state index contributed by atoms with van der Waals surface area (Å²) in [5, 5.41) is 0. The minimum Gasteiger partial charge on any atom is -0.461 e. The van der Waals surface area contributed by atoms with Crippen LogP contribution in [0.25, 0.3) is 0 Å². The van der Waals surface area contributed by atoms with Gasteiger partial charge in [0.05, 0.1) is 12.3 Å². The summed E-state index contributed by atoms with van der Waals surface area (Å²) in [5.74, 6) is -1.61. The molecule has 148 valence electrons. The molecule has 0 spiro atoms. The lowest BCUT2D eigenvalue weighted by Crippen LogP contribution is -2.30. The van der Waals surface area contributed by atoms with E-state index in [0.29, 0.717) is 12.1 Å². The predicted octanol–water partition coefficient (Wildman–Crippen LogP) is 2.71. The molecule has 0 bridgehead atoms. The maximum absolute atomic E-state index is 13.3. The molecular formula is C20H28N2O5. The predicted molar refractivity (Wildman–Crippen MR) is 100 cm³/mol. The van der Waals surface area contributed by atoms with Gasteiger partial charge in [0.1, 0.15) is 16.9 Å². The molecule has 0 aromatic carbocycles. The van der Waals surface area contributed by atoms with Crippen molar-refractivity contribution < 1.29 is 23.9 Å². The van der Waals surface area contributed by atoms with Crippen molar-refractivity contribution in [3.63, 3.8) is 0 Å². The summed E-state index contributed by atoms with van der Waals surface area (Å²) < 4.78 is 12.0. The van der Waals surface area contributed by atoms with E-state index in [1.807, 2.05) is 11.9 Å². The van der Waals surface area contributed by atoms with Crippen LogP contribution < -0.4 is 0 Å². The summed E-state index contributed by atoms with van der Waals surface area (Å²) in [6, 6.07) is 3.06. The van der Waals surface area contributed by atoms with Crippen molar-refractivity contribution in [3.05, 3.63) is 34.8 Å². The fourth-order valence-corrected chi connectivity index (χ4v) is 3.07. The first kappa shape index (κ1) is 20.7. The van der Waals surface area contributed by atoms with Crippen LogP contribution in [-0.2, 0) is 21.3 Å². The van der Waals surface area contributed by atoms with E-state index in [1.165, 1.54) is 16.7 Å². The van der Waals surface area contributed by atoms with Crippen LogP contribution in [0.4, 0.5) is 0 Å². The first-order valence-corrected chi connectivity index (χ1v) is 9.12. The number of hydrogen-bond acceptors (Lipinski definition) is 6. The Balaban J connectivity index is 2.47. The Labute approximate surface area is 159 Å². The second-order valence-corrected chi connectivity index (χ2v) is 7.56. The molecule has 1 aromatic rings. The lowest BCUT2D eigenvalue weighted by molar-refractivity contribution is -0.149. The molecule has 7 heteroatoms. The highest BCUT2D eigenvalue weighted by Crippen LogP contribution is 2.27. The summed E-state index contributed by atoms with van der Waals surface area (Å²) in [4.78, 5) is 40.0. The third-order valence-corrected chi connectivity index (χ3v) is 4.33. The number of likely N-dealkylation sites (tertiary alicyclic amines) is 1. The second-order valence-electron chi connectivity index (χ2n) is 7.56. The molecule has 1 fully saturated rings. The monoisotopic (exact) mass is 376 g/mol. The number of rotatable bonds is 5. The highest BCUT2D eigenvalue weighted by atomic mass is 16.6. The number of carbonyl (C=O) groups is 3. The molecule has 0 radical (unpaired) electrons. The fourth-order valence-electron chi connectivity index (χ4n) is 3.07. The van der Waals surface area contributed by atoms with Crippen LogP contribution in [-0.4, -0.2) is 53.0 Å². The average Bonchev–Trinajstić information content (AvgIpc) is 3.12. The van der Waals surface area contributed by atoms with E-state index in [0.717, 1.165) is 13.0 Å². The summed E-state index contributed by atoms with van der Waals surface area (Å²) >= 11 is 0. The number of nitrogens with zero attached hydrogens (tertiary/aromatic N) is 2. The van der Waals surface area contributed by atoms with Crippen molar-refractivity contribution in [2.75, 3.05) is 20.2 Å². The van der Waals surface area contributed by atoms with Crippen LogP contribution in [0.1, 0.15) is 61.5 Å². The zero-order valence-corrected chi connectivity index (χ0v) is 16.9. The summed E-state index contributed by atoms with van der Waals surface area (Å²) in [6.45, 7) is 8.02. The maximum atomic E-state index is 13.3. The Morgan fingerprint density at radius 3 is 2.26 bits per heavy atom. The van der Waals surface area contributed by atoms with Gasteiger partial charge in [-0.15, -0.1) is 0 Å². The van der Waals surface area contributed by atoms with Gasteiger partial charge < -0.3 is 18.9 Å². The minimum atomic E-state index is -0.718. The molecule has 0 atom stereocenters. The number of ether oxygens (including phenoxy) is 2. The minimum absolute atomic E-state index is 0.0292. The number of esters is 2. The Morgan fingerprint density at radius 1 is 1.11 bits per heavy atom. The van der Waals surface area contributed by atoms with Gasteiger partial charge in [-0.05, 0) is 52.7 Å². The zero-order chi connectivity index (χ0) is 20.4. The van der Waals surface area contributed by atoms with Gasteiger partial charge in [0.2, 0.25) is 5.78 Å². The number of aromatic nitrogens is 1. The lowest BCUT2D eigenvalue weighted by atomic mass is 10.0. The molecule has 7 nitrogen and oxygen atoms in total. The Kier molecular flexibility index (Phi) is 6.13. The SMILES string of the molecule is CCOC(=O)c1ccc(C(=O)/C(C(=O)OC(C)(C)C)=C2\CCCN2C)n1C. The molecule has 1 saturated heterocycles. The molecule has 27 heavy (non-hydrogen) atoms. The third-order valence-electron chi connectivity index (χ3n) is 4.33. The lowest BCUT2D eigenvalue weighted by Gasteiger charge is -2.23. The normalized spacial score (nSPS) is 16.3. The largest absolute Gasteiger partial charge is 0.461 e. The van der Waals surface area contributed by atoms with Gasteiger partial charge >= 0.3 is 11.9 Å². The Hall–Kier alpha value is -2.57. The molecule has 0 N–H and O–H groups in total. The van der Waals surface area contributed by atoms with Crippen molar-refractivity contribution in [3.8, 4) is 0 Å². The van der Waals surface area contributed by atoms with Crippen LogP contribution in [0, 0.1) is 0 Å². The van der Waals surface area contributed by atoms with Crippen LogP contribution >= 0.6 is 0 Å². The summed E-state index contributed by atoms with van der Waals surface area (Å²) in [7, 11) is 3.46. The van der Waals surface area contributed by atoms with E-state index in [2.05, 4.69) is 0 Å². The topological polar surface area (TPSA) is 77.8 Å². The maximum Gasteiger partial charge on any atom is 0.354 e. The molecule has 2 heterocycles. The van der Waals surface area contributed by atoms with E-state index in [1.54, 1.807) is 34.7 Å². The zero-order valence-electron chi connectivity index (χ0n) is 16.9. The molecule has 0 unspecified atom stereocenters. The summed E-state index contributed by atoms with van der Waals surface area (Å²) in [6.07, 6.45) is 1.50. The fraction of sp³-hybridized carbons (Fsp3) is 0.550. The van der Waals surface area contributed by atoms with E-state index >= 15 is 0 Å². The molecule has 0 aliphatic carbocycles. The van der Waals surface area contributed by atoms with Gasteiger partial charge in [0, 0.05) is 26.3 Å². The van der Waals surface area contributed by atoms with Crippen molar-refractivity contribution in [2.45, 2.75) is 46.1 Å². The molecule has 0 saturated carbocycles. The van der Waals surface area contributed by atoms with Gasteiger partial charge in [-0.25, -0.2) is 9.59 Å². The van der Waals surface area contributed by atoms with E-state index < -0.39 is 23.3 Å². The number of Topliss-reactive ketones (excluding diaryl/α,β-unsaturated/α-hetero) is 1. The number of hydrogen-bond donors (Lipinski definition) is 0. The second kappa shape index (κ2) is 7.98. The van der Waals surface area contributed by atoms with Crippen LogP contribution in [0.2, 0.25) is 0 Å². The smallest absolute Gasteiger partial charge is 0.354 e. The first-order chi connectivity index (χ1) is 12.6. The molecular weight excluding hydrogens is 348 g/mol. The van der Waals surface area contributed by atoms with Gasteiger partial charge in [0.25, 0.3) is 0 Å².